The van der Waals surface area contributed by atoms with Crippen molar-refractivity contribution in [2.24, 2.45) is 7.05 Å². The third kappa shape index (κ3) is 5.17. The molecule has 1 atom stereocenters. The van der Waals surface area contributed by atoms with Crippen molar-refractivity contribution >= 4 is 5.97 Å². The average Bonchev–Trinajstić information content (AvgIpc) is 3.29. The highest BCUT2D eigenvalue weighted by Gasteiger charge is 2.28. The van der Waals surface area contributed by atoms with Crippen molar-refractivity contribution in [3.8, 4) is 17.2 Å². The second kappa shape index (κ2) is 10.2. The Bertz CT molecular complexity index is 1280. The first kappa shape index (κ1) is 24.3. The Balaban J connectivity index is 1.63. The molecule has 0 bridgehead atoms. The van der Waals surface area contributed by atoms with Gasteiger partial charge in [0.25, 0.3) is 0 Å². The number of carbonyl (C=O) groups excluding carboxylic acids is 1. The van der Waals surface area contributed by atoms with Gasteiger partial charge in [-0.25, -0.2) is 0 Å². The maximum atomic E-state index is 12.7. The highest BCUT2D eigenvalue weighted by atomic mass is 16.5. The molecule has 186 valence electrons. The van der Waals surface area contributed by atoms with E-state index in [1.165, 1.54) is 18.7 Å². The molecular weight excluding hydrogens is 454 g/mol. The number of rotatable bonds is 8. The van der Waals surface area contributed by atoms with Gasteiger partial charge in [-0.15, -0.1) is 0 Å². The normalized spacial score (nSPS) is 14.3. The summed E-state index contributed by atoms with van der Waals surface area (Å²) in [7, 11) is 6.24. The van der Waals surface area contributed by atoms with Gasteiger partial charge in [0.1, 0.15) is 5.76 Å². The van der Waals surface area contributed by atoms with Crippen molar-refractivity contribution < 1.29 is 28.5 Å². The molecule has 0 radical (unpaired) electrons. The fourth-order valence-electron chi connectivity index (χ4n) is 4.40. The zero-order valence-electron chi connectivity index (χ0n) is 20.2. The number of nitrogens with zero attached hydrogens (tertiary/aromatic N) is 3. The topological polar surface area (TPSA) is 116 Å². The molecule has 3 aromatic rings. The number of hydrogen-bond acceptors (Lipinski definition) is 9. The van der Waals surface area contributed by atoms with E-state index >= 15 is 0 Å². The highest BCUT2D eigenvalue weighted by Crippen LogP contribution is 2.35. The first-order chi connectivity index (χ1) is 16.8. The summed E-state index contributed by atoms with van der Waals surface area (Å²) in [6.07, 6.45) is 3.97. The summed E-state index contributed by atoms with van der Waals surface area (Å²) in [5, 5.41) is 14.7. The lowest BCUT2D eigenvalue weighted by atomic mass is 9.94. The van der Waals surface area contributed by atoms with Crippen LogP contribution >= 0.6 is 0 Å². The third-order valence-corrected chi connectivity index (χ3v) is 6.22. The summed E-state index contributed by atoms with van der Waals surface area (Å²) in [4.78, 5) is 26.9. The minimum atomic E-state index is -0.720. The Kier molecular flexibility index (Phi) is 7.11. The van der Waals surface area contributed by atoms with Crippen LogP contribution in [0.1, 0.15) is 40.5 Å². The van der Waals surface area contributed by atoms with Crippen molar-refractivity contribution in [1.29, 1.82) is 0 Å². The summed E-state index contributed by atoms with van der Waals surface area (Å²) in [6, 6.07) is 5.25. The van der Waals surface area contributed by atoms with E-state index in [-0.39, 0.29) is 12.2 Å². The molecule has 3 heterocycles. The van der Waals surface area contributed by atoms with Gasteiger partial charge in [-0.2, -0.15) is 5.10 Å². The Morgan fingerprint density at radius 1 is 1.17 bits per heavy atom. The zero-order valence-corrected chi connectivity index (χ0v) is 20.2. The van der Waals surface area contributed by atoms with E-state index < -0.39 is 23.1 Å². The van der Waals surface area contributed by atoms with Crippen LogP contribution in [0.5, 0.6) is 17.2 Å². The minimum Gasteiger partial charge on any atom is -0.502 e. The quantitative estimate of drug-likeness (QED) is 0.482. The highest BCUT2D eigenvalue weighted by molar-refractivity contribution is 5.71. The van der Waals surface area contributed by atoms with Crippen LogP contribution in [0, 0.1) is 0 Å². The van der Waals surface area contributed by atoms with Gasteiger partial charge >= 0.3 is 5.97 Å². The molecule has 0 aliphatic carbocycles. The van der Waals surface area contributed by atoms with Crippen LogP contribution in [-0.2, 0) is 36.1 Å². The molecule has 1 aromatic carbocycles. The molecule has 10 nitrogen and oxygen atoms in total. The molecule has 1 aliphatic heterocycles. The number of aromatic nitrogens is 2. The lowest BCUT2D eigenvalue weighted by Gasteiger charge is -2.29. The van der Waals surface area contributed by atoms with Gasteiger partial charge in [0.15, 0.2) is 17.3 Å². The second-order valence-electron chi connectivity index (χ2n) is 8.51. The van der Waals surface area contributed by atoms with Crippen molar-refractivity contribution in [2.45, 2.75) is 31.8 Å². The van der Waals surface area contributed by atoms with Crippen molar-refractivity contribution in [3.63, 3.8) is 0 Å². The molecule has 0 fully saturated rings. The molecule has 0 saturated carbocycles. The van der Waals surface area contributed by atoms with E-state index in [0.29, 0.717) is 35.9 Å². The first-order valence-corrected chi connectivity index (χ1v) is 11.2. The number of aromatic hydroxyl groups is 1. The molecule has 0 spiro atoms. The molecule has 0 amide bonds. The summed E-state index contributed by atoms with van der Waals surface area (Å²) in [6.45, 7) is 1.73. The molecule has 2 aromatic heterocycles. The number of ether oxygens (including phenoxy) is 3. The summed E-state index contributed by atoms with van der Waals surface area (Å²) >= 11 is 0. The summed E-state index contributed by atoms with van der Waals surface area (Å²) < 4.78 is 23.3. The standard InChI is InChI=1S/C25H29N3O7/c1-27-12-17(11-26-27)19(10-23(30)34-4)25-24(31)20(29)9-18(35-25)14-28-6-5-15-7-21(32-2)22(33-3)8-16(15)13-28/h7-9,11-12,19,31H,5-6,10,13-14H2,1-4H3. The number of aryl methyl sites for hydroxylation is 1. The maximum absolute atomic E-state index is 12.7. The number of methoxy groups -OCH3 is 3. The molecule has 0 saturated heterocycles. The van der Waals surface area contributed by atoms with Gasteiger partial charge < -0.3 is 23.7 Å². The summed E-state index contributed by atoms with van der Waals surface area (Å²) in [5.41, 5.74) is 2.35. The van der Waals surface area contributed by atoms with Crippen molar-refractivity contribution in [2.75, 3.05) is 27.9 Å². The lowest BCUT2D eigenvalue weighted by Crippen LogP contribution is -2.30. The van der Waals surface area contributed by atoms with E-state index in [2.05, 4.69) is 10.00 Å². The van der Waals surface area contributed by atoms with Gasteiger partial charge in [-0.05, 0) is 29.7 Å². The van der Waals surface area contributed by atoms with Crippen LogP contribution < -0.4 is 14.9 Å². The molecule has 35 heavy (non-hydrogen) atoms. The summed E-state index contributed by atoms with van der Waals surface area (Å²) in [5.74, 6) is 0.0352. The Labute approximate surface area is 202 Å². The Hall–Kier alpha value is -3.79. The van der Waals surface area contributed by atoms with Crippen LogP contribution in [-0.4, -0.2) is 53.6 Å². The monoisotopic (exact) mass is 483 g/mol. The third-order valence-electron chi connectivity index (χ3n) is 6.22. The van der Waals surface area contributed by atoms with E-state index in [0.717, 1.165) is 18.5 Å². The van der Waals surface area contributed by atoms with Gasteiger partial charge in [-0.1, -0.05) is 0 Å². The van der Waals surface area contributed by atoms with Gasteiger partial charge in [0, 0.05) is 38.0 Å². The SMILES string of the molecule is COC(=O)CC(c1cnn(C)c1)c1oc(CN2CCc3cc(OC)c(OC)cc3C2)cc(=O)c1O. The Morgan fingerprint density at radius 2 is 1.89 bits per heavy atom. The number of benzene rings is 1. The van der Waals surface area contributed by atoms with Gasteiger partial charge in [0.05, 0.1) is 46.4 Å². The number of esters is 1. The largest absolute Gasteiger partial charge is 0.502 e. The lowest BCUT2D eigenvalue weighted by molar-refractivity contribution is -0.140. The van der Waals surface area contributed by atoms with Crippen LogP contribution in [0.4, 0.5) is 0 Å². The van der Waals surface area contributed by atoms with Crippen molar-refractivity contribution in [1.82, 2.24) is 14.7 Å². The average molecular weight is 484 g/mol. The first-order valence-electron chi connectivity index (χ1n) is 11.2. The minimum absolute atomic E-state index is 0.0229. The fourth-order valence-corrected chi connectivity index (χ4v) is 4.40. The molecular formula is C25H29N3O7. The number of carbonyl (C=O) groups is 1. The molecule has 4 rings (SSSR count). The smallest absolute Gasteiger partial charge is 0.306 e. The fraction of sp³-hybridized carbons (Fsp3) is 0.400. The van der Waals surface area contributed by atoms with E-state index in [1.807, 2.05) is 12.1 Å². The molecule has 1 unspecified atom stereocenters. The van der Waals surface area contributed by atoms with E-state index in [4.69, 9.17) is 18.6 Å². The predicted octanol–water partition coefficient (Wildman–Crippen LogP) is 2.35. The van der Waals surface area contributed by atoms with E-state index in [9.17, 15) is 14.7 Å². The van der Waals surface area contributed by atoms with Crippen LogP contribution in [0.2, 0.25) is 0 Å². The second-order valence-corrected chi connectivity index (χ2v) is 8.51. The Morgan fingerprint density at radius 3 is 2.51 bits per heavy atom. The molecule has 10 heteroatoms. The van der Waals surface area contributed by atoms with Crippen molar-refractivity contribution in [3.05, 3.63) is 69.0 Å². The van der Waals surface area contributed by atoms with Gasteiger partial charge in [0.2, 0.25) is 11.2 Å². The van der Waals surface area contributed by atoms with E-state index in [1.54, 1.807) is 38.3 Å². The maximum Gasteiger partial charge on any atom is 0.306 e. The molecule has 1 aliphatic rings. The number of hydrogen-bond donors (Lipinski definition) is 1. The van der Waals surface area contributed by atoms with Gasteiger partial charge in [-0.3, -0.25) is 19.2 Å². The predicted molar refractivity (Wildman–Crippen MR) is 126 cm³/mol. The molecule has 1 N–H and O–H groups in total. The van der Waals surface area contributed by atoms with Crippen LogP contribution in [0.15, 0.2) is 39.8 Å². The van der Waals surface area contributed by atoms with Crippen LogP contribution in [0.3, 0.4) is 0 Å². The number of fused-ring (bicyclic) bond motifs is 1. The zero-order chi connectivity index (χ0) is 25.1. The van der Waals surface area contributed by atoms with Crippen LogP contribution in [0.25, 0.3) is 0 Å².